The van der Waals surface area contributed by atoms with Gasteiger partial charge in [-0.05, 0) is 49.9 Å². The van der Waals surface area contributed by atoms with Gasteiger partial charge in [0.2, 0.25) is 0 Å². The number of benzene rings is 1. The predicted molar refractivity (Wildman–Crippen MR) is 101 cm³/mol. The van der Waals surface area contributed by atoms with Gasteiger partial charge < -0.3 is 4.74 Å². The van der Waals surface area contributed by atoms with Crippen LogP contribution in [0.2, 0.25) is 0 Å². The first kappa shape index (κ1) is 23.7. The largest absolute Gasteiger partial charge is 0.492 e. The van der Waals surface area contributed by atoms with Crippen molar-refractivity contribution >= 4 is 0 Å². The number of ether oxygens (including phenoxy) is 1. The maximum absolute atomic E-state index is 12.6. The van der Waals surface area contributed by atoms with E-state index in [0.717, 1.165) is 11.6 Å². The molecule has 2 aromatic rings. The highest BCUT2D eigenvalue weighted by Gasteiger charge is 2.30. The van der Waals surface area contributed by atoms with Gasteiger partial charge in [-0.25, -0.2) is 0 Å². The Kier molecular flexibility index (Phi) is 11.8. The fourth-order valence-electron chi connectivity index (χ4n) is 1.98. The van der Waals surface area contributed by atoms with E-state index in [9.17, 15) is 13.2 Å². The number of alkyl halides is 3. The second-order valence-corrected chi connectivity index (χ2v) is 5.26. The van der Waals surface area contributed by atoms with Crippen molar-refractivity contribution in [2.45, 2.75) is 46.7 Å². The fraction of sp³-hybridized carbons (Fsp3) is 0.381. The molecule has 26 heavy (non-hydrogen) atoms. The molecule has 0 unspecified atom stereocenters. The van der Waals surface area contributed by atoms with E-state index < -0.39 is 11.7 Å². The molecule has 0 fully saturated rings. The topological polar surface area (TPSA) is 22.1 Å². The molecule has 0 aliphatic heterocycles. The van der Waals surface area contributed by atoms with Crippen molar-refractivity contribution in [2.75, 3.05) is 6.61 Å². The van der Waals surface area contributed by atoms with E-state index in [1.165, 1.54) is 12.1 Å². The smallest absolute Gasteiger partial charge is 0.416 e. The van der Waals surface area contributed by atoms with Crippen LogP contribution in [-0.2, 0) is 12.6 Å². The Morgan fingerprint density at radius 3 is 2.38 bits per heavy atom. The van der Waals surface area contributed by atoms with Crippen molar-refractivity contribution in [1.82, 2.24) is 4.98 Å². The average molecular weight is 367 g/mol. The fourth-order valence-corrected chi connectivity index (χ4v) is 1.98. The van der Waals surface area contributed by atoms with Gasteiger partial charge in [0, 0.05) is 6.20 Å². The number of nitrogens with zero attached hydrogens (tertiary/aromatic N) is 1. The summed E-state index contributed by atoms with van der Waals surface area (Å²) in [7, 11) is 0. The van der Waals surface area contributed by atoms with Gasteiger partial charge in [-0.3, -0.25) is 4.98 Å². The molecule has 0 saturated heterocycles. The van der Waals surface area contributed by atoms with Gasteiger partial charge in [0.05, 0.1) is 18.4 Å². The summed E-state index contributed by atoms with van der Waals surface area (Å²) >= 11 is 0. The van der Waals surface area contributed by atoms with Crippen molar-refractivity contribution in [3.63, 3.8) is 0 Å². The van der Waals surface area contributed by atoms with Crippen LogP contribution in [0.15, 0.2) is 55.4 Å². The summed E-state index contributed by atoms with van der Waals surface area (Å²) in [6, 6.07) is 7.27. The van der Waals surface area contributed by atoms with Crippen LogP contribution in [0.25, 0.3) is 0 Å². The number of aryl methyl sites for hydroxylation is 2. The maximum Gasteiger partial charge on any atom is 0.416 e. The predicted octanol–water partition coefficient (Wildman–Crippen LogP) is 6.64. The Morgan fingerprint density at radius 1 is 1.15 bits per heavy atom. The zero-order chi connectivity index (χ0) is 20.0. The van der Waals surface area contributed by atoms with Gasteiger partial charge in [0.15, 0.2) is 0 Å². The van der Waals surface area contributed by atoms with Crippen molar-refractivity contribution in [3.8, 4) is 5.75 Å². The van der Waals surface area contributed by atoms with Gasteiger partial charge in [-0.2, -0.15) is 13.2 Å². The van der Waals surface area contributed by atoms with E-state index in [4.69, 9.17) is 4.74 Å². The summed E-state index contributed by atoms with van der Waals surface area (Å²) in [6.45, 7) is 11.6. The lowest BCUT2D eigenvalue weighted by Gasteiger charge is -2.09. The van der Waals surface area contributed by atoms with E-state index >= 15 is 0 Å². The van der Waals surface area contributed by atoms with Crippen LogP contribution < -0.4 is 4.74 Å². The van der Waals surface area contributed by atoms with Crippen LogP contribution in [0, 0.1) is 6.92 Å². The molecule has 2 rings (SSSR count). The standard InChI is InChI=1S/C16H16F3NO.C3H6.C2H6/c1-12-8-15(11-20-10-12)21-7-3-5-13-4-2-6-14(9-13)16(17,18)19;1-3-2;1-2/h2,4,6,8-11H,3,5,7H2,1H3;3H,1H2,2H3;1-2H3. The van der Waals surface area contributed by atoms with Gasteiger partial charge in [-0.1, -0.05) is 38.1 Å². The Hall–Kier alpha value is -2.30. The van der Waals surface area contributed by atoms with Crippen molar-refractivity contribution in [3.05, 3.63) is 72.1 Å². The van der Waals surface area contributed by atoms with E-state index in [1.807, 2.05) is 33.8 Å². The highest BCUT2D eigenvalue weighted by Crippen LogP contribution is 2.29. The van der Waals surface area contributed by atoms with Gasteiger partial charge in [0.1, 0.15) is 5.75 Å². The quantitative estimate of drug-likeness (QED) is 0.436. The van der Waals surface area contributed by atoms with Crippen molar-refractivity contribution < 1.29 is 17.9 Å². The third kappa shape index (κ3) is 9.87. The Morgan fingerprint density at radius 2 is 1.81 bits per heavy atom. The van der Waals surface area contributed by atoms with E-state index in [2.05, 4.69) is 11.6 Å². The number of rotatable bonds is 5. The molecule has 2 nitrogen and oxygen atoms in total. The average Bonchev–Trinajstić information content (AvgIpc) is 2.61. The summed E-state index contributed by atoms with van der Waals surface area (Å²) in [6.07, 6.45) is 2.00. The first-order valence-corrected chi connectivity index (χ1v) is 8.64. The number of halogens is 3. The highest BCUT2D eigenvalue weighted by atomic mass is 19.4. The monoisotopic (exact) mass is 367 g/mol. The zero-order valence-electron chi connectivity index (χ0n) is 15.9. The minimum absolute atomic E-state index is 0.446. The number of allylic oxidation sites excluding steroid dienone is 1. The molecular weight excluding hydrogens is 339 g/mol. The van der Waals surface area contributed by atoms with Crippen molar-refractivity contribution in [2.24, 2.45) is 0 Å². The Labute approximate surface area is 154 Å². The molecule has 0 atom stereocenters. The molecule has 0 saturated carbocycles. The number of aromatic nitrogens is 1. The summed E-state index contributed by atoms with van der Waals surface area (Å²) < 4.78 is 43.3. The SMILES string of the molecule is C=CC.CC.Cc1cncc(OCCCc2cccc(C(F)(F)F)c2)c1. The second-order valence-electron chi connectivity index (χ2n) is 5.26. The van der Waals surface area contributed by atoms with E-state index in [-0.39, 0.29) is 0 Å². The molecule has 144 valence electrons. The molecule has 0 radical (unpaired) electrons. The first-order valence-electron chi connectivity index (χ1n) is 8.64. The third-order valence-electron chi connectivity index (χ3n) is 2.98. The summed E-state index contributed by atoms with van der Waals surface area (Å²) in [5.74, 6) is 0.680. The van der Waals surface area contributed by atoms with Crippen LogP contribution in [0.4, 0.5) is 13.2 Å². The number of pyridine rings is 1. The van der Waals surface area contributed by atoms with Crippen LogP contribution >= 0.6 is 0 Å². The molecule has 0 aliphatic rings. The normalized spacial score (nSPS) is 9.96. The maximum atomic E-state index is 12.6. The highest BCUT2D eigenvalue weighted by molar-refractivity contribution is 5.26. The van der Waals surface area contributed by atoms with Gasteiger partial charge in [0.25, 0.3) is 0 Å². The lowest BCUT2D eigenvalue weighted by atomic mass is 10.1. The lowest BCUT2D eigenvalue weighted by Crippen LogP contribution is -2.06. The summed E-state index contributed by atoms with van der Waals surface area (Å²) in [4.78, 5) is 4.01. The minimum atomic E-state index is -4.29. The van der Waals surface area contributed by atoms with Crippen LogP contribution in [0.1, 0.15) is 43.9 Å². The third-order valence-corrected chi connectivity index (χ3v) is 2.98. The molecule has 0 aliphatic carbocycles. The van der Waals surface area contributed by atoms with Crippen molar-refractivity contribution in [1.29, 1.82) is 0 Å². The van der Waals surface area contributed by atoms with E-state index in [0.29, 0.717) is 30.8 Å². The summed E-state index contributed by atoms with van der Waals surface area (Å²) in [5.41, 5.74) is 1.06. The molecule has 1 heterocycles. The molecule has 1 aromatic heterocycles. The number of hydrogen-bond acceptors (Lipinski definition) is 2. The lowest BCUT2D eigenvalue weighted by molar-refractivity contribution is -0.137. The minimum Gasteiger partial charge on any atom is -0.492 e. The molecular formula is C21H28F3NO. The number of hydrogen-bond donors (Lipinski definition) is 0. The molecule has 1 aromatic carbocycles. The van der Waals surface area contributed by atoms with Gasteiger partial charge >= 0.3 is 6.18 Å². The Balaban J connectivity index is 0.00000113. The van der Waals surface area contributed by atoms with Crippen LogP contribution in [-0.4, -0.2) is 11.6 Å². The molecule has 0 amide bonds. The molecule has 0 spiro atoms. The Bertz CT molecular complexity index is 639. The van der Waals surface area contributed by atoms with E-state index in [1.54, 1.807) is 24.5 Å². The molecule has 5 heteroatoms. The van der Waals surface area contributed by atoms with Crippen LogP contribution in [0.5, 0.6) is 5.75 Å². The molecule has 0 bridgehead atoms. The van der Waals surface area contributed by atoms with Gasteiger partial charge in [-0.15, -0.1) is 6.58 Å². The second kappa shape index (κ2) is 13.0. The van der Waals surface area contributed by atoms with Crippen LogP contribution in [0.3, 0.4) is 0 Å². The zero-order valence-corrected chi connectivity index (χ0v) is 15.9. The summed E-state index contributed by atoms with van der Waals surface area (Å²) in [5, 5.41) is 0. The molecule has 0 N–H and O–H groups in total. The first-order chi connectivity index (χ1) is 12.4.